The molecular weight excluding hydrogens is 264 g/mol. The van der Waals surface area contributed by atoms with Crippen LogP contribution >= 0.6 is 0 Å². The molecule has 0 saturated heterocycles. The van der Waals surface area contributed by atoms with E-state index in [1.807, 2.05) is 0 Å². The molecule has 0 aliphatic heterocycles. The molecule has 0 heteroatoms. The highest BCUT2D eigenvalue weighted by atomic mass is 14.7. The van der Waals surface area contributed by atoms with E-state index < -0.39 is 0 Å². The smallest absolute Gasteiger partial charge is 0.00625 e. The molecule has 0 heterocycles. The fourth-order valence-electron chi connectivity index (χ4n) is 7.49. The van der Waals surface area contributed by atoms with E-state index in [2.05, 4.69) is 33.9 Å². The summed E-state index contributed by atoms with van der Waals surface area (Å²) in [4.78, 5) is 0. The molecule has 22 heavy (non-hydrogen) atoms. The van der Waals surface area contributed by atoms with Gasteiger partial charge in [0.15, 0.2) is 0 Å². The van der Waals surface area contributed by atoms with Crippen molar-refractivity contribution in [3.63, 3.8) is 0 Å². The Morgan fingerprint density at radius 1 is 0.864 bits per heavy atom. The maximum absolute atomic E-state index is 4.64. The average molecular weight is 299 g/mol. The second-order valence-electron chi connectivity index (χ2n) is 9.74. The van der Waals surface area contributed by atoms with Gasteiger partial charge in [0.25, 0.3) is 0 Å². The van der Waals surface area contributed by atoms with E-state index in [1.165, 1.54) is 57.8 Å². The Hall–Kier alpha value is -0.520. The predicted octanol–water partition coefficient (Wildman–Crippen LogP) is 6.53. The van der Waals surface area contributed by atoms with Gasteiger partial charge in [-0.15, -0.1) is 0 Å². The van der Waals surface area contributed by atoms with E-state index >= 15 is 0 Å². The summed E-state index contributed by atoms with van der Waals surface area (Å²) >= 11 is 0. The molecule has 0 nitrogen and oxygen atoms in total. The number of allylic oxidation sites excluding steroid dienone is 2. The molecule has 0 amide bonds. The van der Waals surface area contributed by atoms with Crippen LogP contribution in [0.1, 0.15) is 78.6 Å². The van der Waals surface area contributed by atoms with Gasteiger partial charge in [-0.25, -0.2) is 0 Å². The summed E-state index contributed by atoms with van der Waals surface area (Å²) in [5.41, 5.74) is 4.52. The highest BCUT2D eigenvalue weighted by Gasteiger charge is 2.62. The summed E-state index contributed by atoms with van der Waals surface area (Å²) in [5, 5.41) is 0. The van der Waals surface area contributed by atoms with E-state index in [-0.39, 0.29) is 0 Å². The molecule has 0 N–H and O–H groups in total. The first-order valence-corrected chi connectivity index (χ1v) is 9.69. The molecule has 4 rings (SSSR count). The minimum atomic E-state index is 0.412. The molecule has 122 valence electrons. The summed E-state index contributed by atoms with van der Waals surface area (Å²) in [6.07, 6.45) is 12.5. The molecule has 4 saturated carbocycles. The molecule has 0 aromatic heterocycles. The van der Waals surface area contributed by atoms with Crippen LogP contribution in [0, 0.1) is 34.0 Å². The maximum atomic E-state index is 4.64. The van der Waals surface area contributed by atoms with E-state index in [0.29, 0.717) is 16.2 Å². The Labute approximate surface area is 137 Å². The van der Waals surface area contributed by atoms with E-state index in [1.54, 1.807) is 11.1 Å². The van der Waals surface area contributed by atoms with Gasteiger partial charge in [0.2, 0.25) is 0 Å². The summed E-state index contributed by atoms with van der Waals surface area (Å²) in [6.45, 7) is 16.8. The first kappa shape index (κ1) is 15.0. The van der Waals surface area contributed by atoms with Gasteiger partial charge in [-0.05, 0) is 78.9 Å². The lowest BCUT2D eigenvalue weighted by Gasteiger charge is -2.65. The zero-order valence-corrected chi connectivity index (χ0v) is 15.0. The highest BCUT2D eigenvalue weighted by molar-refractivity contribution is 5.28. The average Bonchev–Trinajstić information content (AvgIpc) is 2.78. The Morgan fingerprint density at radius 2 is 1.59 bits per heavy atom. The summed E-state index contributed by atoms with van der Waals surface area (Å²) in [7, 11) is 0. The molecule has 0 radical (unpaired) electrons. The number of hydrogen-bond acceptors (Lipinski definition) is 0. The van der Waals surface area contributed by atoms with Gasteiger partial charge in [0, 0.05) is 0 Å². The molecule has 6 unspecified atom stereocenters. The molecule has 4 aliphatic carbocycles. The van der Waals surface area contributed by atoms with Gasteiger partial charge in [0.1, 0.15) is 0 Å². The predicted molar refractivity (Wildman–Crippen MR) is 94.6 cm³/mol. The largest absolute Gasteiger partial charge is 0.0993 e. The Balaban J connectivity index is 1.75. The van der Waals surface area contributed by atoms with Crippen molar-refractivity contribution in [1.82, 2.24) is 0 Å². The van der Waals surface area contributed by atoms with Crippen LogP contribution in [-0.2, 0) is 0 Å². The number of rotatable bonds is 0. The van der Waals surface area contributed by atoms with Gasteiger partial charge in [-0.3, -0.25) is 0 Å². The maximum Gasteiger partial charge on any atom is -0.00625 e. The van der Waals surface area contributed by atoms with Crippen LogP contribution in [0.2, 0.25) is 0 Å². The van der Waals surface area contributed by atoms with Crippen molar-refractivity contribution in [3.05, 3.63) is 24.3 Å². The van der Waals surface area contributed by atoms with E-state index in [9.17, 15) is 0 Å². The topological polar surface area (TPSA) is 0 Å². The van der Waals surface area contributed by atoms with Crippen LogP contribution in [0.3, 0.4) is 0 Å². The second kappa shape index (κ2) is 4.52. The van der Waals surface area contributed by atoms with Crippen molar-refractivity contribution in [3.8, 4) is 0 Å². The molecule has 4 aliphatic rings. The molecule has 0 spiro atoms. The highest BCUT2D eigenvalue weighted by Crippen LogP contribution is 2.71. The first-order chi connectivity index (χ1) is 10.3. The Kier molecular flexibility index (Phi) is 3.09. The van der Waals surface area contributed by atoms with Crippen molar-refractivity contribution in [2.24, 2.45) is 34.0 Å². The Bertz CT molecular complexity index is 528. The molecule has 4 fully saturated rings. The summed E-state index contributed by atoms with van der Waals surface area (Å²) in [5.74, 6) is 2.72. The molecule has 0 aromatic rings. The summed E-state index contributed by atoms with van der Waals surface area (Å²) < 4.78 is 0. The fraction of sp³-hybridized carbons (Fsp3) is 0.818. The third-order valence-electron chi connectivity index (χ3n) is 9.36. The first-order valence-electron chi connectivity index (χ1n) is 9.69. The van der Waals surface area contributed by atoms with Gasteiger partial charge in [-0.2, -0.15) is 0 Å². The SMILES string of the molecule is C=C1CCC2C3CC(=C)C4(C)CCCCC4(C)C3CCC12C. The third kappa shape index (κ3) is 1.60. The van der Waals surface area contributed by atoms with Gasteiger partial charge in [-0.1, -0.05) is 57.9 Å². The zero-order valence-electron chi connectivity index (χ0n) is 15.0. The van der Waals surface area contributed by atoms with E-state index in [4.69, 9.17) is 0 Å². The van der Waals surface area contributed by atoms with Crippen LogP contribution in [0.25, 0.3) is 0 Å². The van der Waals surface area contributed by atoms with Crippen molar-refractivity contribution in [2.45, 2.75) is 78.6 Å². The minimum absolute atomic E-state index is 0.412. The van der Waals surface area contributed by atoms with Crippen LogP contribution in [0.4, 0.5) is 0 Å². The van der Waals surface area contributed by atoms with Crippen molar-refractivity contribution < 1.29 is 0 Å². The van der Waals surface area contributed by atoms with E-state index in [0.717, 1.165) is 17.8 Å². The van der Waals surface area contributed by atoms with Crippen molar-refractivity contribution in [1.29, 1.82) is 0 Å². The molecule has 0 bridgehead atoms. The van der Waals surface area contributed by atoms with Gasteiger partial charge < -0.3 is 0 Å². The normalized spacial score (nSPS) is 54.6. The molecular formula is C22H34. The zero-order chi connectivity index (χ0) is 15.8. The monoisotopic (exact) mass is 298 g/mol. The standard InChI is InChI=1S/C22H34/c1-15-8-9-18-17-14-16(2)21(4)11-6-7-12-22(21,5)19(17)10-13-20(15,18)3/h17-19H,1-2,6-14H2,3-5H3. The van der Waals surface area contributed by atoms with Crippen LogP contribution < -0.4 is 0 Å². The Morgan fingerprint density at radius 3 is 2.36 bits per heavy atom. The molecule has 6 atom stereocenters. The lowest BCUT2D eigenvalue weighted by atomic mass is 9.40. The van der Waals surface area contributed by atoms with Gasteiger partial charge in [0.05, 0.1) is 0 Å². The second-order valence-corrected chi connectivity index (χ2v) is 9.74. The quantitative estimate of drug-likeness (QED) is 0.446. The fourth-order valence-corrected chi connectivity index (χ4v) is 7.49. The molecule has 0 aromatic carbocycles. The van der Waals surface area contributed by atoms with Gasteiger partial charge >= 0.3 is 0 Å². The third-order valence-corrected chi connectivity index (χ3v) is 9.36. The van der Waals surface area contributed by atoms with Crippen molar-refractivity contribution in [2.75, 3.05) is 0 Å². The van der Waals surface area contributed by atoms with Crippen LogP contribution in [-0.4, -0.2) is 0 Å². The summed E-state index contributed by atoms with van der Waals surface area (Å²) in [6, 6.07) is 0. The lowest BCUT2D eigenvalue weighted by Crippen LogP contribution is -2.57. The number of hydrogen-bond donors (Lipinski definition) is 0. The van der Waals surface area contributed by atoms with Crippen LogP contribution in [0.5, 0.6) is 0 Å². The van der Waals surface area contributed by atoms with Crippen molar-refractivity contribution >= 4 is 0 Å². The minimum Gasteiger partial charge on any atom is -0.0993 e. The number of fused-ring (bicyclic) bond motifs is 5. The van der Waals surface area contributed by atoms with Crippen LogP contribution in [0.15, 0.2) is 24.3 Å². The lowest BCUT2D eigenvalue weighted by molar-refractivity contribution is -0.113.